The quantitative estimate of drug-likeness (QED) is 0.295. The Morgan fingerprint density at radius 3 is 2.76 bits per heavy atom. The zero-order valence-electron chi connectivity index (χ0n) is 18.7. The fraction of sp³-hybridized carbons (Fsp3) is 0.375. The normalized spacial score (nSPS) is 20.9. The number of nitrogens with zero attached hydrogens (tertiary/aromatic N) is 6. The van der Waals surface area contributed by atoms with Crippen molar-refractivity contribution in [3.63, 3.8) is 0 Å². The van der Waals surface area contributed by atoms with Crippen LogP contribution in [-0.4, -0.2) is 75.7 Å². The minimum Gasteiger partial charge on any atom is -0.373 e. The van der Waals surface area contributed by atoms with E-state index in [4.69, 9.17) is 4.74 Å². The maximum Gasteiger partial charge on any atom is 0.194 e. The summed E-state index contributed by atoms with van der Waals surface area (Å²) < 4.78 is 8.01. The molecule has 0 amide bonds. The van der Waals surface area contributed by atoms with Crippen LogP contribution in [0.4, 0.5) is 0 Å². The summed E-state index contributed by atoms with van der Waals surface area (Å²) in [6.45, 7) is 5.14. The van der Waals surface area contributed by atoms with Crippen LogP contribution in [0.15, 0.2) is 72.4 Å². The molecule has 2 aliphatic rings. The number of ether oxygens (including phenoxy) is 1. The highest BCUT2D eigenvalue weighted by Crippen LogP contribution is 2.24. The van der Waals surface area contributed by atoms with Crippen molar-refractivity contribution in [2.24, 2.45) is 4.99 Å². The largest absolute Gasteiger partial charge is 0.373 e. The third-order valence-corrected chi connectivity index (χ3v) is 6.18. The van der Waals surface area contributed by atoms with Crippen LogP contribution in [-0.2, 0) is 17.8 Å². The third-order valence-electron chi connectivity index (χ3n) is 6.18. The molecule has 0 bridgehead atoms. The number of nitrogens with one attached hydrogen (secondary N) is 1. The number of imidazole rings is 1. The van der Waals surface area contributed by atoms with Crippen LogP contribution < -0.4 is 5.32 Å². The number of pyridine rings is 1. The molecule has 4 heterocycles. The Morgan fingerprint density at radius 2 is 2.03 bits per heavy atom. The van der Waals surface area contributed by atoms with Gasteiger partial charge in [0, 0.05) is 58.4 Å². The van der Waals surface area contributed by atoms with Gasteiger partial charge in [-0.05, 0) is 17.2 Å². The summed E-state index contributed by atoms with van der Waals surface area (Å²) in [5, 5.41) is 3.50. The van der Waals surface area contributed by atoms with Crippen LogP contribution in [0.2, 0.25) is 0 Å². The van der Waals surface area contributed by atoms with Gasteiger partial charge >= 0.3 is 0 Å². The summed E-state index contributed by atoms with van der Waals surface area (Å²) >= 11 is 0. The van der Waals surface area contributed by atoms with Crippen molar-refractivity contribution >= 4 is 29.9 Å². The molecule has 0 saturated carbocycles. The maximum absolute atomic E-state index is 6.12. The Bertz CT molecular complexity index is 1030. The highest BCUT2D eigenvalue weighted by molar-refractivity contribution is 14.0. The first-order chi connectivity index (χ1) is 15.8. The molecular formula is C24H30IN7O. The standard InChI is InChI=1S/C24H29N7O.HI/c1-25-24(28-14-20-7-8-23(27-13-20)30-10-9-26-18-30)31-16-21-22(17-31)32-12-11-29(21)15-19-5-3-2-4-6-19;/h2-10,13,18,21-22H,11-12,14-17H2,1H3,(H,25,28);1H. The molecule has 0 spiro atoms. The van der Waals surface area contributed by atoms with Gasteiger partial charge in [-0.2, -0.15) is 0 Å². The molecule has 3 aromatic rings. The molecule has 5 rings (SSSR count). The van der Waals surface area contributed by atoms with Crippen molar-refractivity contribution in [2.75, 3.05) is 33.3 Å². The molecule has 8 nitrogen and oxygen atoms in total. The summed E-state index contributed by atoms with van der Waals surface area (Å²) in [5.41, 5.74) is 2.45. The lowest BCUT2D eigenvalue weighted by Gasteiger charge is -2.36. The van der Waals surface area contributed by atoms with E-state index in [1.54, 1.807) is 12.5 Å². The smallest absolute Gasteiger partial charge is 0.194 e. The minimum atomic E-state index is 0. The van der Waals surface area contributed by atoms with E-state index in [0.717, 1.165) is 50.1 Å². The third kappa shape index (κ3) is 5.53. The van der Waals surface area contributed by atoms with Gasteiger partial charge in [-0.3, -0.25) is 14.5 Å². The first kappa shape index (κ1) is 23.7. The lowest BCUT2D eigenvalue weighted by molar-refractivity contribution is -0.0502. The number of rotatable bonds is 5. The van der Waals surface area contributed by atoms with E-state index in [9.17, 15) is 0 Å². The molecule has 0 aliphatic carbocycles. The number of halogens is 1. The molecule has 0 radical (unpaired) electrons. The first-order valence-corrected chi connectivity index (χ1v) is 11.1. The molecule has 1 N–H and O–H groups in total. The van der Waals surface area contributed by atoms with E-state index < -0.39 is 0 Å². The Labute approximate surface area is 211 Å². The van der Waals surface area contributed by atoms with E-state index in [1.165, 1.54) is 5.56 Å². The monoisotopic (exact) mass is 559 g/mol. The summed E-state index contributed by atoms with van der Waals surface area (Å²) in [5.74, 6) is 1.76. The molecule has 1 aromatic carbocycles. The van der Waals surface area contributed by atoms with Crippen LogP contribution in [0.25, 0.3) is 5.82 Å². The Hall–Kier alpha value is -2.50. The second-order valence-electron chi connectivity index (χ2n) is 8.23. The van der Waals surface area contributed by atoms with Gasteiger partial charge in [0.25, 0.3) is 0 Å². The van der Waals surface area contributed by atoms with E-state index in [-0.39, 0.29) is 30.1 Å². The van der Waals surface area contributed by atoms with E-state index in [1.807, 2.05) is 30.1 Å². The number of hydrogen-bond acceptors (Lipinski definition) is 5. The number of guanidine groups is 1. The van der Waals surface area contributed by atoms with Gasteiger partial charge in [0.2, 0.25) is 0 Å². The van der Waals surface area contributed by atoms with E-state index in [0.29, 0.717) is 12.6 Å². The second kappa shape index (κ2) is 11.1. The lowest BCUT2D eigenvalue weighted by atomic mass is 10.1. The van der Waals surface area contributed by atoms with Crippen molar-refractivity contribution in [3.05, 3.63) is 78.5 Å². The number of aliphatic imine (C=N–C) groups is 1. The molecule has 2 aliphatic heterocycles. The van der Waals surface area contributed by atoms with Crippen molar-refractivity contribution in [1.29, 1.82) is 0 Å². The summed E-state index contributed by atoms with van der Waals surface area (Å²) in [6, 6.07) is 15.1. The van der Waals surface area contributed by atoms with Gasteiger partial charge in [0.05, 0.1) is 18.8 Å². The fourth-order valence-electron chi connectivity index (χ4n) is 4.53. The lowest BCUT2D eigenvalue weighted by Crippen LogP contribution is -2.50. The minimum absolute atomic E-state index is 0. The van der Waals surface area contributed by atoms with Crippen LogP contribution >= 0.6 is 24.0 Å². The predicted octanol–water partition coefficient (Wildman–Crippen LogP) is 2.55. The highest BCUT2D eigenvalue weighted by atomic mass is 127. The van der Waals surface area contributed by atoms with Crippen LogP contribution in [0.5, 0.6) is 0 Å². The average Bonchev–Trinajstić information content (AvgIpc) is 3.52. The highest BCUT2D eigenvalue weighted by Gasteiger charge is 2.41. The summed E-state index contributed by atoms with van der Waals surface area (Å²) in [7, 11) is 1.84. The molecule has 2 fully saturated rings. The van der Waals surface area contributed by atoms with Gasteiger partial charge in [0.1, 0.15) is 12.1 Å². The zero-order valence-corrected chi connectivity index (χ0v) is 21.1. The van der Waals surface area contributed by atoms with Gasteiger partial charge in [-0.15, -0.1) is 24.0 Å². The van der Waals surface area contributed by atoms with E-state index in [2.05, 4.69) is 66.5 Å². The molecule has 9 heteroatoms. The van der Waals surface area contributed by atoms with Gasteiger partial charge in [0.15, 0.2) is 5.96 Å². The molecule has 33 heavy (non-hydrogen) atoms. The maximum atomic E-state index is 6.12. The second-order valence-corrected chi connectivity index (χ2v) is 8.23. The van der Waals surface area contributed by atoms with Crippen molar-refractivity contribution in [3.8, 4) is 5.82 Å². The Morgan fingerprint density at radius 1 is 1.15 bits per heavy atom. The number of hydrogen-bond donors (Lipinski definition) is 1. The number of aromatic nitrogens is 3. The van der Waals surface area contributed by atoms with E-state index >= 15 is 0 Å². The number of morpholine rings is 1. The average molecular weight is 559 g/mol. The van der Waals surface area contributed by atoms with Crippen molar-refractivity contribution < 1.29 is 4.74 Å². The molecule has 2 aromatic heterocycles. The molecule has 174 valence electrons. The topological polar surface area (TPSA) is 70.8 Å². The molecular weight excluding hydrogens is 529 g/mol. The Kier molecular flexibility index (Phi) is 7.94. The van der Waals surface area contributed by atoms with Gasteiger partial charge in [-0.1, -0.05) is 36.4 Å². The van der Waals surface area contributed by atoms with Crippen LogP contribution in [0, 0.1) is 0 Å². The van der Waals surface area contributed by atoms with Crippen molar-refractivity contribution in [1.82, 2.24) is 29.7 Å². The summed E-state index contributed by atoms with van der Waals surface area (Å²) in [6.07, 6.45) is 7.49. The van der Waals surface area contributed by atoms with Gasteiger partial charge in [-0.25, -0.2) is 9.97 Å². The van der Waals surface area contributed by atoms with Crippen LogP contribution in [0.1, 0.15) is 11.1 Å². The zero-order chi connectivity index (χ0) is 21.8. The number of benzene rings is 1. The van der Waals surface area contributed by atoms with Gasteiger partial charge < -0.3 is 15.0 Å². The SMILES string of the molecule is CN=C(NCc1ccc(-n2ccnc2)nc1)N1CC2OCCN(Cc3ccccc3)C2C1.I. The summed E-state index contributed by atoms with van der Waals surface area (Å²) in [4.78, 5) is 18.0. The Balaban J connectivity index is 0.00000259. The number of fused-ring (bicyclic) bond motifs is 1. The van der Waals surface area contributed by atoms with Crippen LogP contribution in [0.3, 0.4) is 0 Å². The molecule has 2 saturated heterocycles. The molecule has 2 atom stereocenters. The fourth-order valence-corrected chi connectivity index (χ4v) is 4.53. The molecule has 2 unspecified atom stereocenters. The van der Waals surface area contributed by atoms with Crippen molar-refractivity contribution in [2.45, 2.75) is 25.2 Å². The first-order valence-electron chi connectivity index (χ1n) is 11.1. The number of likely N-dealkylation sites (tertiary alicyclic amines) is 1. The predicted molar refractivity (Wildman–Crippen MR) is 139 cm³/mol.